The van der Waals surface area contributed by atoms with Crippen LogP contribution < -0.4 is 0 Å². The maximum atomic E-state index is 6.12. The number of rotatable bonds is 1. The fraction of sp³-hybridized carbons (Fsp3) is 0.0833. The third-order valence-electron chi connectivity index (χ3n) is 2.14. The van der Waals surface area contributed by atoms with Crippen molar-refractivity contribution in [3.8, 4) is 11.1 Å². The van der Waals surface area contributed by atoms with Crippen LogP contribution in [0.2, 0.25) is 10.0 Å². The van der Waals surface area contributed by atoms with Crippen molar-refractivity contribution in [3.05, 3.63) is 52.3 Å². The van der Waals surface area contributed by atoms with Crippen molar-refractivity contribution < 1.29 is 0 Å². The van der Waals surface area contributed by atoms with E-state index in [1.165, 1.54) is 0 Å². The Labute approximate surface area is 98.7 Å². The van der Waals surface area contributed by atoms with E-state index in [-0.39, 0.29) is 0 Å². The first-order chi connectivity index (χ1) is 7.18. The summed E-state index contributed by atoms with van der Waals surface area (Å²) < 4.78 is 0. The lowest BCUT2D eigenvalue weighted by Gasteiger charge is -2.05. The number of pyridine rings is 1. The van der Waals surface area contributed by atoms with Crippen LogP contribution in [0.25, 0.3) is 11.1 Å². The summed E-state index contributed by atoms with van der Waals surface area (Å²) in [6.07, 6.45) is 3.59. The summed E-state index contributed by atoms with van der Waals surface area (Å²) in [7, 11) is 0. The molecule has 76 valence electrons. The van der Waals surface area contributed by atoms with Crippen molar-refractivity contribution in [2.75, 3.05) is 0 Å². The molecule has 1 nitrogen and oxygen atoms in total. The molecule has 0 amide bonds. The van der Waals surface area contributed by atoms with Crippen molar-refractivity contribution in [1.82, 2.24) is 4.98 Å². The molecule has 15 heavy (non-hydrogen) atoms. The van der Waals surface area contributed by atoms with Gasteiger partial charge in [0.15, 0.2) is 0 Å². The van der Waals surface area contributed by atoms with Crippen LogP contribution in [0.15, 0.2) is 36.7 Å². The van der Waals surface area contributed by atoms with Crippen molar-refractivity contribution in [2.24, 2.45) is 0 Å². The van der Waals surface area contributed by atoms with E-state index < -0.39 is 0 Å². The Bertz CT molecular complexity index is 495. The molecule has 1 aromatic heterocycles. The summed E-state index contributed by atoms with van der Waals surface area (Å²) in [5, 5.41) is 1.14. The molecule has 1 heterocycles. The third kappa shape index (κ3) is 2.14. The molecule has 0 radical (unpaired) electrons. The maximum Gasteiger partial charge on any atom is 0.0671 e. The van der Waals surface area contributed by atoms with Gasteiger partial charge in [0.2, 0.25) is 0 Å². The van der Waals surface area contributed by atoms with Crippen LogP contribution in [-0.2, 0) is 0 Å². The fourth-order valence-corrected chi connectivity index (χ4v) is 1.84. The minimum atomic E-state index is 0.565. The van der Waals surface area contributed by atoms with Gasteiger partial charge < -0.3 is 0 Å². The minimum Gasteiger partial charge on any atom is -0.264 e. The van der Waals surface area contributed by atoms with Crippen LogP contribution in [0.5, 0.6) is 0 Å². The lowest BCUT2D eigenvalue weighted by atomic mass is 10.1. The van der Waals surface area contributed by atoms with Crippen molar-refractivity contribution in [3.63, 3.8) is 0 Å². The van der Waals surface area contributed by atoms with Gasteiger partial charge in [-0.3, -0.25) is 4.98 Å². The number of aromatic nitrogens is 1. The van der Waals surface area contributed by atoms with Crippen LogP contribution in [0.3, 0.4) is 0 Å². The van der Waals surface area contributed by atoms with Crippen LogP contribution >= 0.6 is 23.2 Å². The van der Waals surface area contributed by atoms with Gasteiger partial charge in [-0.1, -0.05) is 35.3 Å². The number of halogens is 2. The second-order valence-corrected chi connectivity index (χ2v) is 4.14. The van der Waals surface area contributed by atoms with Crippen LogP contribution in [0, 0.1) is 6.92 Å². The molecular weight excluding hydrogens is 229 g/mol. The molecule has 0 saturated heterocycles. The van der Waals surface area contributed by atoms with E-state index in [0.29, 0.717) is 10.0 Å². The number of aryl methyl sites for hydroxylation is 1. The number of hydrogen-bond donors (Lipinski definition) is 0. The summed E-state index contributed by atoms with van der Waals surface area (Å²) in [4.78, 5) is 4.13. The molecule has 0 atom stereocenters. The number of benzene rings is 1. The van der Waals surface area contributed by atoms with E-state index in [4.69, 9.17) is 23.2 Å². The molecule has 0 aliphatic rings. The fourth-order valence-electron chi connectivity index (χ4n) is 1.43. The lowest BCUT2D eigenvalue weighted by molar-refractivity contribution is 1.27. The van der Waals surface area contributed by atoms with Gasteiger partial charge in [0.05, 0.1) is 10.0 Å². The van der Waals surface area contributed by atoms with Gasteiger partial charge in [0.25, 0.3) is 0 Å². The molecule has 0 unspecified atom stereocenters. The maximum absolute atomic E-state index is 6.12. The Morgan fingerprint density at radius 3 is 2.67 bits per heavy atom. The highest BCUT2D eigenvalue weighted by molar-refractivity contribution is 6.43. The minimum absolute atomic E-state index is 0.565. The summed E-state index contributed by atoms with van der Waals surface area (Å²) in [6, 6.07) is 7.62. The summed E-state index contributed by atoms with van der Waals surface area (Å²) in [5.74, 6) is 0. The zero-order chi connectivity index (χ0) is 10.8. The molecule has 0 aliphatic carbocycles. The molecule has 0 aliphatic heterocycles. The first-order valence-electron chi connectivity index (χ1n) is 4.54. The van der Waals surface area contributed by atoms with Gasteiger partial charge in [-0.05, 0) is 24.6 Å². The van der Waals surface area contributed by atoms with Gasteiger partial charge in [-0.15, -0.1) is 0 Å². The Hall–Kier alpha value is -1.05. The molecule has 0 N–H and O–H groups in total. The topological polar surface area (TPSA) is 12.9 Å². The summed E-state index contributed by atoms with van der Waals surface area (Å²) >= 11 is 12.1. The normalized spacial score (nSPS) is 10.3. The van der Waals surface area contributed by atoms with Gasteiger partial charge in [0.1, 0.15) is 0 Å². The second-order valence-electron chi connectivity index (χ2n) is 3.35. The van der Waals surface area contributed by atoms with Crippen molar-refractivity contribution in [1.29, 1.82) is 0 Å². The largest absolute Gasteiger partial charge is 0.264 e. The molecule has 0 bridgehead atoms. The molecule has 0 saturated carbocycles. The van der Waals surface area contributed by atoms with E-state index in [1.807, 2.05) is 31.3 Å². The zero-order valence-electron chi connectivity index (χ0n) is 8.17. The van der Waals surface area contributed by atoms with E-state index in [0.717, 1.165) is 16.7 Å². The summed E-state index contributed by atoms with van der Waals surface area (Å²) in [5.41, 5.74) is 3.01. The molecule has 0 fully saturated rings. The first kappa shape index (κ1) is 10.5. The van der Waals surface area contributed by atoms with Crippen LogP contribution in [0.4, 0.5) is 0 Å². The molecule has 0 spiro atoms. The highest BCUT2D eigenvalue weighted by atomic mass is 35.5. The first-order valence-corrected chi connectivity index (χ1v) is 5.30. The van der Waals surface area contributed by atoms with Crippen molar-refractivity contribution >= 4 is 23.2 Å². The molecule has 1 aromatic carbocycles. The molecule has 2 rings (SSSR count). The highest BCUT2D eigenvalue weighted by Gasteiger charge is 2.06. The van der Waals surface area contributed by atoms with Crippen molar-refractivity contribution in [2.45, 2.75) is 6.92 Å². The summed E-state index contributed by atoms with van der Waals surface area (Å²) in [6.45, 7) is 1.99. The average Bonchev–Trinajstić information content (AvgIpc) is 2.22. The van der Waals surface area contributed by atoms with E-state index in [2.05, 4.69) is 4.98 Å². The number of nitrogens with zero attached hydrogens (tertiary/aromatic N) is 1. The second kappa shape index (κ2) is 4.21. The predicted molar refractivity (Wildman–Crippen MR) is 64.4 cm³/mol. The quantitative estimate of drug-likeness (QED) is 0.719. The van der Waals surface area contributed by atoms with Crippen LogP contribution in [0.1, 0.15) is 5.56 Å². The molecule has 2 aromatic rings. The molecule has 3 heteroatoms. The smallest absolute Gasteiger partial charge is 0.0671 e. The Balaban J connectivity index is 2.59. The van der Waals surface area contributed by atoms with E-state index in [9.17, 15) is 0 Å². The number of hydrogen-bond acceptors (Lipinski definition) is 1. The van der Waals surface area contributed by atoms with Gasteiger partial charge in [0, 0.05) is 23.5 Å². The SMILES string of the molecule is Cc1cncc(-c2cccc(Cl)c2Cl)c1. The van der Waals surface area contributed by atoms with Gasteiger partial charge >= 0.3 is 0 Å². The Kier molecular flexibility index (Phi) is 2.94. The van der Waals surface area contributed by atoms with Gasteiger partial charge in [-0.25, -0.2) is 0 Å². The monoisotopic (exact) mass is 237 g/mol. The lowest BCUT2D eigenvalue weighted by Crippen LogP contribution is -1.83. The van der Waals surface area contributed by atoms with Gasteiger partial charge in [-0.2, -0.15) is 0 Å². The Morgan fingerprint density at radius 1 is 1.13 bits per heavy atom. The standard InChI is InChI=1S/C12H9Cl2N/c1-8-5-9(7-15-6-8)10-3-2-4-11(13)12(10)14/h2-7H,1H3. The predicted octanol–water partition coefficient (Wildman–Crippen LogP) is 4.36. The third-order valence-corrected chi connectivity index (χ3v) is 2.96. The van der Waals surface area contributed by atoms with E-state index >= 15 is 0 Å². The highest BCUT2D eigenvalue weighted by Crippen LogP contribution is 2.33. The van der Waals surface area contributed by atoms with Crippen LogP contribution in [-0.4, -0.2) is 4.98 Å². The molecular formula is C12H9Cl2N. The average molecular weight is 238 g/mol. The van der Waals surface area contributed by atoms with E-state index in [1.54, 1.807) is 12.3 Å². The Morgan fingerprint density at radius 2 is 1.93 bits per heavy atom. The zero-order valence-corrected chi connectivity index (χ0v) is 9.68.